The van der Waals surface area contributed by atoms with Gasteiger partial charge in [-0.1, -0.05) is 6.07 Å². The van der Waals surface area contributed by atoms with Crippen molar-refractivity contribution in [3.8, 4) is 0 Å². The molecule has 1 rings (SSSR count). The van der Waals surface area contributed by atoms with Crippen molar-refractivity contribution in [2.45, 2.75) is 12.3 Å². The molecule has 0 fully saturated rings. The number of hydrogen-bond acceptors (Lipinski definition) is 3. The van der Waals surface area contributed by atoms with Crippen LogP contribution in [0.15, 0.2) is 18.3 Å². The van der Waals surface area contributed by atoms with Crippen LogP contribution in [0.2, 0.25) is 0 Å². The van der Waals surface area contributed by atoms with Crippen LogP contribution in [0, 0.1) is 6.92 Å². The summed E-state index contributed by atoms with van der Waals surface area (Å²) in [6, 6.07) is 4.03. The van der Waals surface area contributed by atoms with Gasteiger partial charge in [-0.25, -0.2) is 4.98 Å². The lowest BCUT2D eigenvalue weighted by molar-refractivity contribution is 0.199. The first-order valence-electron chi connectivity index (χ1n) is 4.90. The van der Waals surface area contributed by atoms with Gasteiger partial charge < -0.3 is 9.64 Å². The molecule has 0 spiro atoms. The minimum atomic E-state index is -0.0110. The molecule has 1 aromatic heterocycles. The fraction of sp³-hybridized carbons (Fsp3) is 0.545. The Morgan fingerprint density at radius 3 is 2.80 bits per heavy atom. The number of rotatable bonds is 5. The average Bonchev–Trinajstić information content (AvgIpc) is 2.18. The maximum absolute atomic E-state index is 6.06. The highest BCUT2D eigenvalue weighted by molar-refractivity contribution is 6.21. The standard InChI is InChI=1S/C11H17ClN2O/c1-9-4-5-11(13-6-9)14(2)7-10(12)8-15-3/h4-6,10H,7-8H2,1-3H3. The first-order chi connectivity index (χ1) is 7.13. The van der Waals surface area contributed by atoms with Gasteiger partial charge in [-0.2, -0.15) is 0 Å². The molecule has 84 valence electrons. The largest absolute Gasteiger partial charge is 0.383 e. The molecule has 0 aliphatic carbocycles. The number of hydrogen-bond donors (Lipinski definition) is 0. The normalized spacial score (nSPS) is 12.5. The van der Waals surface area contributed by atoms with E-state index in [2.05, 4.69) is 4.98 Å². The second kappa shape index (κ2) is 5.93. The lowest BCUT2D eigenvalue weighted by Gasteiger charge is -2.20. The number of ether oxygens (including phenoxy) is 1. The Morgan fingerprint density at radius 1 is 1.53 bits per heavy atom. The molecule has 15 heavy (non-hydrogen) atoms. The highest BCUT2D eigenvalue weighted by Crippen LogP contribution is 2.11. The lowest BCUT2D eigenvalue weighted by Crippen LogP contribution is -2.29. The second-order valence-electron chi connectivity index (χ2n) is 3.63. The quantitative estimate of drug-likeness (QED) is 0.722. The van der Waals surface area contributed by atoms with Crippen molar-refractivity contribution in [1.82, 2.24) is 4.98 Å². The summed E-state index contributed by atoms with van der Waals surface area (Å²) in [5.74, 6) is 0.933. The number of nitrogens with zero attached hydrogens (tertiary/aromatic N) is 2. The Bertz CT molecular complexity index is 289. The molecule has 0 amide bonds. The van der Waals surface area contributed by atoms with E-state index < -0.39 is 0 Å². The van der Waals surface area contributed by atoms with Crippen molar-refractivity contribution >= 4 is 17.4 Å². The molecule has 1 heterocycles. The zero-order valence-electron chi connectivity index (χ0n) is 9.40. The minimum absolute atomic E-state index is 0.0110. The van der Waals surface area contributed by atoms with Gasteiger partial charge in [-0.05, 0) is 18.6 Å². The Kier molecular flexibility index (Phi) is 4.85. The number of anilines is 1. The van der Waals surface area contributed by atoms with E-state index in [-0.39, 0.29) is 5.38 Å². The molecule has 0 aliphatic heterocycles. The zero-order valence-corrected chi connectivity index (χ0v) is 10.2. The van der Waals surface area contributed by atoms with Crippen LogP contribution in [0.5, 0.6) is 0 Å². The van der Waals surface area contributed by atoms with E-state index in [0.29, 0.717) is 6.61 Å². The van der Waals surface area contributed by atoms with Crippen molar-refractivity contribution in [1.29, 1.82) is 0 Å². The Balaban J connectivity index is 2.53. The van der Waals surface area contributed by atoms with Crippen LogP contribution in [-0.2, 0) is 4.74 Å². The molecule has 3 nitrogen and oxygen atoms in total. The fourth-order valence-electron chi connectivity index (χ4n) is 1.31. The molecular formula is C11H17ClN2O. The summed E-state index contributed by atoms with van der Waals surface area (Å²) in [6.07, 6.45) is 1.85. The maximum Gasteiger partial charge on any atom is 0.128 e. The summed E-state index contributed by atoms with van der Waals surface area (Å²) >= 11 is 6.06. The second-order valence-corrected chi connectivity index (χ2v) is 4.24. The molecule has 0 aromatic carbocycles. The zero-order chi connectivity index (χ0) is 11.3. The van der Waals surface area contributed by atoms with E-state index >= 15 is 0 Å². The third-order valence-electron chi connectivity index (χ3n) is 2.11. The first kappa shape index (κ1) is 12.3. The smallest absolute Gasteiger partial charge is 0.128 e. The third kappa shape index (κ3) is 4.06. The predicted molar refractivity (Wildman–Crippen MR) is 63.8 cm³/mol. The van der Waals surface area contributed by atoms with Gasteiger partial charge >= 0.3 is 0 Å². The van der Waals surface area contributed by atoms with Crippen molar-refractivity contribution in [2.24, 2.45) is 0 Å². The summed E-state index contributed by atoms with van der Waals surface area (Å²) in [5, 5.41) is -0.0110. The molecular weight excluding hydrogens is 212 g/mol. The van der Waals surface area contributed by atoms with Crippen LogP contribution < -0.4 is 4.90 Å². The van der Waals surface area contributed by atoms with E-state index in [1.165, 1.54) is 0 Å². The van der Waals surface area contributed by atoms with Crippen molar-refractivity contribution in [2.75, 3.05) is 32.2 Å². The van der Waals surface area contributed by atoms with Crippen LogP contribution in [0.4, 0.5) is 5.82 Å². The van der Waals surface area contributed by atoms with Crippen molar-refractivity contribution < 1.29 is 4.74 Å². The molecule has 1 atom stereocenters. The molecule has 0 N–H and O–H groups in total. The van der Waals surface area contributed by atoms with Crippen LogP contribution in [-0.4, -0.2) is 37.7 Å². The lowest BCUT2D eigenvalue weighted by atomic mass is 10.3. The number of aryl methyl sites for hydroxylation is 1. The summed E-state index contributed by atoms with van der Waals surface area (Å²) in [7, 11) is 3.63. The van der Waals surface area contributed by atoms with E-state index in [1.54, 1.807) is 7.11 Å². The molecule has 0 saturated carbocycles. The summed E-state index contributed by atoms with van der Waals surface area (Å²) in [5.41, 5.74) is 1.16. The van der Waals surface area contributed by atoms with Crippen LogP contribution in [0.1, 0.15) is 5.56 Å². The van der Waals surface area contributed by atoms with E-state index in [1.807, 2.05) is 37.2 Å². The third-order valence-corrected chi connectivity index (χ3v) is 2.37. The van der Waals surface area contributed by atoms with Gasteiger partial charge in [0, 0.05) is 26.9 Å². The molecule has 1 unspecified atom stereocenters. The first-order valence-corrected chi connectivity index (χ1v) is 5.34. The van der Waals surface area contributed by atoms with Crippen LogP contribution in [0.25, 0.3) is 0 Å². The molecule has 4 heteroatoms. The summed E-state index contributed by atoms with van der Waals surface area (Å²) in [6.45, 7) is 3.30. The average molecular weight is 229 g/mol. The fourth-order valence-corrected chi connectivity index (χ4v) is 1.64. The SMILES string of the molecule is COCC(Cl)CN(C)c1ccc(C)cn1. The summed E-state index contributed by atoms with van der Waals surface area (Å²) in [4.78, 5) is 6.34. The Morgan fingerprint density at radius 2 is 2.27 bits per heavy atom. The monoisotopic (exact) mass is 228 g/mol. The predicted octanol–water partition coefficient (Wildman–Crippen LogP) is 2.08. The minimum Gasteiger partial charge on any atom is -0.383 e. The number of halogens is 1. The van der Waals surface area contributed by atoms with Gasteiger partial charge in [-0.3, -0.25) is 0 Å². The molecule has 0 aliphatic rings. The highest BCUT2D eigenvalue weighted by atomic mass is 35.5. The van der Waals surface area contributed by atoms with Crippen LogP contribution in [0.3, 0.4) is 0 Å². The van der Waals surface area contributed by atoms with E-state index in [0.717, 1.165) is 17.9 Å². The Hall–Kier alpha value is -0.800. The van der Waals surface area contributed by atoms with E-state index in [4.69, 9.17) is 16.3 Å². The van der Waals surface area contributed by atoms with E-state index in [9.17, 15) is 0 Å². The van der Waals surface area contributed by atoms with Gasteiger partial charge in [0.25, 0.3) is 0 Å². The Labute approximate surface area is 96.0 Å². The number of aromatic nitrogens is 1. The van der Waals surface area contributed by atoms with Crippen LogP contribution >= 0.6 is 11.6 Å². The highest BCUT2D eigenvalue weighted by Gasteiger charge is 2.09. The van der Waals surface area contributed by atoms with Crippen molar-refractivity contribution in [3.05, 3.63) is 23.9 Å². The van der Waals surface area contributed by atoms with Gasteiger partial charge in [0.15, 0.2) is 0 Å². The molecule has 0 saturated heterocycles. The van der Waals surface area contributed by atoms with Gasteiger partial charge in [-0.15, -0.1) is 11.6 Å². The molecule has 0 bridgehead atoms. The number of pyridine rings is 1. The number of methoxy groups -OCH3 is 1. The van der Waals surface area contributed by atoms with Gasteiger partial charge in [0.2, 0.25) is 0 Å². The molecule has 0 radical (unpaired) electrons. The topological polar surface area (TPSA) is 25.4 Å². The summed E-state index contributed by atoms with van der Waals surface area (Å²) < 4.78 is 4.98. The van der Waals surface area contributed by atoms with Crippen molar-refractivity contribution in [3.63, 3.8) is 0 Å². The molecule has 1 aromatic rings. The van der Waals surface area contributed by atoms with Gasteiger partial charge in [0.05, 0.1) is 12.0 Å². The maximum atomic E-state index is 6.06. The van der Waals surface area contributed by atoms with Gasteiger partial charge in [0.1, 0.15) is 5.82 Å². The number of alkyl halides is 1.